The molecule has 37 heavy (non-hydrogen) atoms. The van der Waals surface area contributed by atoms with Gasteiger partial charge in [-0.25, -0.2) is 0 Å². The van der Waals surface area contributed by atoms with Crippen molar-refractivity contribution in [1.82, 2.24) is 0 Å². The summed E-state index contributed by atoms with van der Waals surface area (Å²) in [6.07, 6.45) is 3.53. The average Bonchev–Trinajstić information content (AvgIpc) is 2.91. The maximum absolute atomic E-state index is 12.4. The number of hydrogen-bond donors (Lipinski definition) is 0. The van der Waals surface area contributed by atoms with Gasteiger partial charge in [0.15, 0.2) is 11.5 Å². The van der Waals surface area contributed by atoms with Crippen LogP contribution in [0.1, 0.15) is 56.7 Å². The van der Waals surface area contributed by atoms with Crippen molar-refractivity contribution < 1.29 is 19.0 Å². The van der Waals surface area contributed by atoms with Crippen LogP contribution in [0.25, 0.3) is 11.6 Å². The monoisotopic (exact) mass is 517 g/mol. The first kappa shape index (κ1) is 27.8. The summed E-state index contributed by atoms with van der Waals surface area (Å²) in [6.45, 7) is 7.03. The SMILES string of the molecule is CCC(C)(C)c1ccc(OCCCC(=O)Oc2ccc(/C=C(\C#N)c3ccc(Cl)cc3)cc2OC)cc1. The minimum absolute atomic E-state index is 0.131. The van der Waals surface area contributed by atoms with Gasteiger partial charge < -0.3 is 14.2 Å². The second-order valence-electron chi connectivity index (χ2n) is 9.27. The van der Waals surface area contributed by atoms with Crippen LogP contribution in [0.3, 0.4) is 0 Å². The number of benzene rings is 3. The Morgan fingerprint density at radius 2 is 1.73 bits per heavy atom. The van der Waals surface area contributed by atoms with Gasteiger partial charge in [0.25, 0.3) is 0 Å². The molecule has 0 aliphatic carbocycles. The van der Waals surface area contributed by atoms with E-state index in [0.29, 0.717) is 35.1 Å². The molecule has 0 aliphatic heterocycles. The van der Waals surface area contributed by atoms with Crippen molar-refractivity contribution >= 4 is 29.2 Å². The lowest BCUT2D eigenvalue weighted by atomic mass is 9.82. The number of rotatable bonds is 11. The summed E-state index contributed by atoms with van der Waals surface area (Å²) in [6, 6.07) is 22.5. The van der Waals surface area contributed by atoms with E-state index in [1.807, 2.05) is 12.1 Å². The predicted octanol–water partition coefficient (Wildman–Crippen LogP) is 7.86. The Labute approximate surface area is 224 Å². The van der Waals surface area contributed by atoms with E-state index in [0.717, 1.165) is 23.3 Å². The zero-order valence-corrected chi connectivity index (χ0v) is 22.5. The summed E-state index contributed by atoms with van der Waals surface area (Å²) in [4.78, 5) is 12.4. The van der Waals surface area contributed by atoms with Crippen molar-refractivity contribution in [3.05, 3.63) is 88.4 Å². The second-order valence-corrected chi connectivity index (χ2v) is 9.71. The molecule has 3 rings (SSSR count). The number of hydrogen-bond acceptors (Lipinski definition) is 5. The molecule has 0 aliphatic rings. The second kappa shape index (κ2) is 13.0. The molecule has 0 amide bonds. The highest BCUT2D eigenvalue weighted by atomic mass is 35.5. The molecule has 0 bridgehead atoms. The summed E-state index contributed by atoms with van der Waals surface area (Å²) < 4.78 is 16.7. The van der Waals surface area contributed by atoms with Gasteiger partial charge in [0.05, 0.1) is 25.4 Å². The fraction of sp³-hybridized carbons (Fsp3) is 0.290. The third-order valence-electron chi connectivity index (χ3n) is 6.31. The quantitative estimate of drug-likeness (QED) is 0.0850. The van der Waals surface area contributed by atoms with Gasteiger partial charge >= 0.3 is 5.97 Å². The lowest BCUT2D eigenvalue weighted by molar-refractivity contribution is -0.134. The summed E-state index contributed by atoms with van der Waals surface area (Å²) in [5.74, 6) is 1.14. The molecular formula is C31H32ClNO4. The molecule has 0 radical (unpaired) electrons. The van der Waals surface area contributed by atoms with E-state index in [-0.39, 0.29) is 17.8 Å². The molecule has 3 aromatic rings. The van der Waals surface area contributed by atoms with Gasteiger partial charge in [0.2, 0.25) is 0 Å². The van der Waals surface area contributed by atoms with Crippen LogP contribution in [0.15, 0.2) is 66.7 Å². The number of carbonyl (C=O) groups is 1. The van der Waals surface area contributed by atoms with E-state index in [4.69, 9.17) is 25.8 Å². The minimum atomic E-state index is -0.371. The number of halogens is 1. The average molecular weight is 518 g/mol. The summed E-state index contributed by atoms with van der Waals surface area (Å²) >= 11 is 5.94. The van der Waals surface area contributed by atoms with Crippen molar-refractivity contribution in [3.63, 3.8) is 0 Å². The number of nitrogens with zero attached hydrogens (tertiary/aromatic N) is 1. The Morgan fingerprint density at radius 1 is 1.03 bits per heavy atom. The Balaban J connectivity index is 1.55. The van der Waals surface area contributed by atoms with E-state index < -0.39 is 0 Å². The summed E-state index contributed by atoms with van der Waals surface area (Å²) in [7, 11) is 1.51. The van der Waals surface area contributed by atoms with Crippen molar-refractivity contribution in [1.29, 1.82) is 5.26 Å². The Hall–Kier alpha value is -3.75. The van der Waals surface area contributed by atoms with Crippen LogP contribution >= 0.6 is 11.6 Å². The van der Waals surface area contributed by atoms with E-state index in [1.54, 1.807) is 48.5 Å². The van der Waals surface area contributed by atoms with Crippen molar-refractivity contribution in [2.45, 2.75) is 45.4 Å². The molecule has 0 saturated heterocycles. The molecule has 0 aromatic heterocycles. The van der Waals surface area contributed by atoms with Gasteiger partial charge in [0, 0.05) is 11.4 Å². The number of esters is 1. The molecule has 0 fully saturated rings. The van der Waals surface area contributed by atoms with Crippen molar-refractivity contribution in [2.75, 3.05) is 13.7 Å². The molecule has 5 nitrogen and oxygen atoms in total. The molecule has 6 heteroatoms. The third-order valence-corrected chi connectivity index (χ3v) is 6.56. The largest absolute Gasteiger partial charge is 0.494 e. The standard InChI is InChI=1S/C31H32ClNO4/c1-5-31(2,3)25-11-15-27(16-12-25)36-18-6-7-30(34)37-28-17-8-22(20-29(28)35-4)19-24(21-33)23-9-13-26(32)14-10-23/h8-17,19-20H,5-7,18H2,1-4H3/b24-19+. The van der Waals surface area contributed by atoms with Crippen LogP contribution in [0, 0.1) is 11.3 Å². The number of allylic oxidation sites excluding steroid dienone is 1. The highest BCUT2D eigenvalue weighted by molar-refractivity contribution is 6.30. The van der Waals surface area contributed by atoms with Crippen LogP contribution in [0.5, 0.6) is 17.2 Å². The first-order valence-corrected chi connectivity index (χ1v) is 12.6. The topological polar surface area (TPSA) is 68.5 Å². The van der Waals surface area contributed by atoms with Gasteiger partial charge in [-0.1, -0.05) is 62.7 Å². The number of nitriles is 1. The third kappa shape index (κ3) is 7.87. The van der Waals surface area contributed by atoms with Gasteiger partial charge in [-0.05, 0) is 77.4 Å². The van der Waals surface area contributed by atoms with Crippen LogP contribution < -0.4 is 14.2 Å². The van der Waals surface area contributed by atoms with Gasteiger partial charge in [0.1, 0.15) is 5.75 Å². The zero-order chi connectivity index (χ0) is 26.8. The van der Waals surface area contributed by atoms with Crippen LogP contribution in [-0.2, 0) is 10.2 Å². The predicted molar refractivity (Wildman–Crippen MR) is 148 cm³/mol. The van der Waals surface area contributed by atoms with Gasteiger partial charge in [-0.3, -0.25) is 4.79 Å². The summed E-state index contributed by atoms with van der Waals surface area (Å²) in [5.41, 5.74) is 3.38. The Kier molecular flexibility index (Phi) is 9.77. The first-order valence-electron chi connectivity index (χ1n) is 12.3. The number of ether oxygens (including phenoxy) is 3. The lowest BCUT2D eigenvalue weighted by Gasteiger charge is -2.23. The maximum Gasteiger partial charge on any atom is 0.311 e. The van der Waals surface area contributed by atoms with E-state index in [9.17, 15) is 10.1 Å². The van der Waals surface area contributed by atoms with Gasteiger partial charge in [-0.2, -0.15) is 5.26 Å². The summed E-state index contributed by atoms with van der Waals surface area (Å²) in [5, 5.41) is 10.2. The molecule has 0 unspecified atom stereocenters. The zero-order valence-electron chi connectivity index (χ0n) is 21.7. The molecular weight excluding hydrogens is 486 g/mol. The fourth-order valence-electron chi connectivity index (χ4n) is 3.62. The molecule has 0 atom stereocenters. The maximum atomic E-state index is 12.4. The van der Waals surface area contributed by atoms with Crippen molar-refractivity contribution in [2.24, 2.45) is 0 Å². The van der Waals surface area contributed by atoms with Crippen LogP contribution in [0.4, 0.5) is 0 Å². The Morgan fingerprint density at radius 3 is 2.35 bits per heavy atom. The first-order chi connectivity index (χ1) is 17.7. The highest BCUT2D eigenvalue weighted by Crippen LogP contribution is 2.31. The Bertz CT molecular complexity index is 1270. The number of carbonyl (C=O) groups excluding carboxylic acids is 1. The minimum Gasteiger partial charge on any atom is -0.494 e. The van der Waals surface area contributed by atoms with E-state index >= 15 is 0 Å². The highest BCUT2D eigenvalue weighted by Gasteiger charge is 2.17. The smallest absolute Gasteiger partial charge is 0.311 e. The molecule has 3 aromatic carbocycles. The molecule has 0 N–H and O–H groups in total. The van der Waals surface area contributed by atoms with E-state index in [1.165, 1.54) is 12.7 Å². The molecule has 0 spiro atoms. The van der Waals surface area contributed by atoms with E-state index in [2.05, 4.69) is 39.0 Å². The van der Waals surface area contributed by atoms with Crippen molar-refractivity contribution in [3.8, 4) is 23.3 Å². The normalized spacial score (nSPS) is 11.5. The number of methoxy groups -OCH3 is 1. The molecule has 0 saturated carbocycles. The van der Waals surface area contributed by atoms with Crippen LogP contribution in [0.2, 0.25) is 5.02 Å². The van der Waals surface area contributed by atoms with Crippen LogP contribution in [-0.4, -0.2) is 19.7 Å². The van der Waals surface area contributed by atoms with Gasteiger partial charge in [-0.15, -0.1) is 0 Å². The lowest BCUT2D eigenvalue weighted by Crippen LogP contribution is -2.15. The molecule has 0 heterocycles. The molecule has 192 valence electrons. The fourth-order valence-corrected chi connectivity index (χ4v) is 3.75.